The molecular weight excluding hydrogens is 212 g/mol. The molecule has 1 aromatic carbocycles. The predicted octanol–water partition coefficient (Wildman–Crippen LogP) is 3.17. The Balaban J connectivity index is 2.65. The number of hydrogen-bond acceptors (Lipinski definition) is 2. The lowest BCUT2D eigenvalue weighted by molar-refractivity contribution is 0.238. The van der Waals surface area contributed by atoms with Crippen molar-refractivity contribution in [1.29, 1.82) is 0 Å². The Morgan fingerprint density at radius 3 is 2.41 bits per heavy atom. The molecule has 0 saturated carbocycles. The number of benzene rings is 1. The molecule has 1 N–H and O–H groups in total. The maximum atomic E-state index is 9.89. The lowest BCUT2D eigenvalue weighted by Crippen LogP contribution is -1.96. The number of aliphatic hydroxyl groups excluding tert-OH is 1. The van der Waals surface area contributed by atoms with Crippen LogP contribution in [0, 0.1) is 17.8 Å². The van der Waals surface area contributed by atoms with E-state index in [2.05, 4.69) is 25.7 Å². The van der Waals surface area contributed by atoms with E-state index in [0.717, 1.165) is 24.2 Å². The van der Waals surface area contributed by atoms with Crippen molar-refractivity contribution in [1.82, 2.24) is 0 Å². The van der Waals surface area contributed by atoms with Crippen LogP contribution in [0.3, 0.4) is 0 Å². The molecule has 0 heterocycles. The molecule has 0 radical (unpaired) electrons. The zero-order valence-electron chi connectivity index (χ0n) is 10.7. The van der Waals surface area contributed by atoms with Gasteiger partial charge >= 0.3 is 0 Å². The van der Waals surface area contributed by atoms with Crippen molar-refractivity contribution in [2.75, 3.05) is 7.11 Å². The molecule has 0 aromatic heterocycles. The molecule has 2 nitrogen and oxygen atoms in total. The second-order valence-electron chi connectivity index (χ2n) is 4.15. The SMILES string of the molecule is CCCC(C)C#CC(O)c1ccc(OC)cc1. The zero-order chi connectivity index (χ0) is 12.7. The summed E-state index contributed by atoms with van der Waals surface area (Å²) in [5, 5.41) is 9.89. The van der Waals surface area contributed by atoms with E-state index in [4.69, 9.17) is 4.74 Å². The van der Waals surface area contributed by atoms with Crippen LogP contribution in [-0.2, 0) is 0 Å². The maximum Gasteiger partial charge on any atom is 0.140 e. The highest BCUT2D eigenvalue weighted by atomic mass is 16.5. The van der Waals surface area contributed by atoms with Crippen LogP contribution in [0.5, 0.6) is 5.75 Å². The van der Waals surface area contributed by atoms with E-state index in [-0.39, 0.29) is 0 Å². The number of methoxy groups -OCH3 is 1. The van der Waals surface area contributed by atoms with Crippen LogP contribution in [0.2, 0.25) is 0 Å². The fourth-order valence-corrected chi connectivity index (χ4v) is 1.60. The van der Waals surface area contributed by atoms with Gasteiger partial charge in [-0.05, 0) is 24.1 Å². The average molecular weight is 232 g/mol. The molecule has 2 heteroatoms. The van der Waals surface area contributed by atoms with Crippen molar-refractivity contribution in [2.45, 2.75) is 32.8 Å². The summed E-state index contributed by atoms with van der Waals surface area (Å²) in [5.41, 5.74) is 0.807. The molecule has 2 unspecified atom stereocenters. The van der Waals surface area contributed by atoms with Crippen molar-refractivity contribution >= 4 is 0 Å². The van der Waals surface area contributed by atoms with Crippen molar-refractivity contribution in [3.63, 3.8) is 0 Å². The molecule has 0 fully saturated rings. The number of rotatable bonds is 4. The van der Waals surface area contributed by atoms with Crippen LogP contribution >= 0.6 is 0 Å². The molecule has 92 valence electrons. The van der Waals surface area contributed by atoms with Gasteiger partial charge in [0.15, 0.2) is 0 Å². The normalized spacial score (nSPS) is 13.4. The first-order chi connectivity index (χ1) is 8.17. The fraction of sp³-hybridized carbons (Fsp3) is 0.467. The van der Waals surface area contributed by atoms with E-state index in [1.165, 1.54) is 0 Å². The van der Waals surface area contributed by atoms with Crippen LogP contribution in [0.25, 0.3) is 0 Å². The molecule has 1 aromatic rings. The van der Waals surface area contributed by atoms with Crippen LogP contribution < -0.4 is 4.74 Å². The molecule has 17 heavy (non-hydrogen) atoms. The van der Waals surface area contributed by atoms with Crippen LogP contribution in [0.15, 0.2) is 24.3 Å². The van der Waals surface area contributed by atoms with E-state index in [1.54, 1.807) is 7.11 Å². The highest BCUT2D eigenvalue weighted by Gasteiger charge is 2.03. The van der Waals surface area contributed by atoms with Crippen LogP contribution in [0.4, 0.5) is 0 Å². The lowest BCUT2D eigenvalue weighted by Gasteiger charge is -2.06. The van der Waals surface area contributed by atoms with Gasteiger partial charge in [0.2, 0.25) is 0 Å². The average Bonchev–Trinajstić information content (AvgIpc) is 2.36. The minimum Gasteiger partial charge on any atom is -0.497 e. The van der Waals surface area contributed by atoms with E-state index in [0.29, 0.717) is 5.92 Å². The summed E-state index contributed by atoms with van der Waals surface area (Å²) in [4.78, 5) is 0. The summed E-state index contributed by atoms with van der Waals surface area (Å²) < 4.78 is 5.06. The number of hydrogen-bond donors (Lipinski definition) is 1. The summed E-state index contributed by atoms with van der Waals surface area (Å²) in [5.74, 6) is 7.09. The van der Waals surface area contributed by atoms with Gasteiger partial charge in [0.1, 0.15) is 11.9 Å². The van der Waals surface area contributed by atoms with Crippen molar-refractivity contribution < 1.29 is 9.84 Å². The first-order valence-electron chi connectivity index (χ1n) is 6.00. The Kier molecular flexibility index (Phi) is 5.59. The molecule has 0 saturated heterocycles. The number of ether oxygens (including phenoxy) is 1. The Morgan fingerprint density at radius 2 is 1.88 bits per heavy atom. The minimum atomic E-state index is -0.708. The lowest BCUT2D eigenvalue weighted by atomic mass is 10.1. The van der Waals surface area contributed by atoms with Gasteiger partial charge in [-0.3, -0.25) is 0 Å². The first kappa shape index (κ1) is 13.6. The molecule has 0 spiro atoms. The first-order valence-corrected chi connectivity index (χ1v) is 6.00. The molecule has 0 aliphatic rings. The van der Waals surface area contributed by atoms with Crippen molar-refractivity contribution in [2.24, 2.45) is 5.92 Å². The van der Waals surface area contributed by atoms with Gasteiger partial charge in [0, 0.05) is 5.92 Å². The van der Waals surface area contributed by atoms with Crippen molar-refractivity contribution in [3.05, 3.63) is 29.8 Å². The molecule has 2 atom stereocenters. The highest BCUT2D eigenvalue weighted by molar-refractivity contribution is 5.31. The second kappa shape index (κ2) is 6.98. The Hall–Kier alpha value is -1.46. The number of aliphatic hydroxyl groups is 1. The van der Waals surface area contributed by atoms with Gasteiger partial charge in [-0.15, -0.1) is 0 Å². The molecular formula is C15H20O2. The summed E-state index contributed by atoms with van der Waals surface area (Å²) in [6.07, 6.45) is 1.48. The summed E-state index contributed by atoms with van der Waals surface area (Å²) in [7, 11) is 1.62. The van der Waals surface area contributed by atoms with Gasteiger partial charge in [-0.1, -0.05) is 44.2 Å². The largest absolute Gasteiger partial charge is 0.497 e. The topological polar surface area (TPSA) is 29.5 Å². The maximum absolute atomic E-state index is 9.89. The standard InChI is InChI=1S/C15H20O2/c1-4-5-12(2)6-11-15(16)13-7-9-14(17-3)10-8-13/h7-10,12,15-16H,4-5H2,1-3H3. The minimum absolute atomic E-state index is 0.341. The quantitative estimate of drug-likeness (QED) is 0.808. The third kappa shape index (κ3) is 4.50. The molecule has 0 aliphatic heterocycles. The van der Waals surface area contributed by atoms with E-state index >= 15 is 0 Å². The molecule has 0 aliphatic carbocycles. The van der Waals surface area contributed by atoms with Gasteiger partial charge in [0.25, 0.3) is 0 Å². The zero-order valence-corrected chi connectivity index (χ0v) is 10.7. The Bertz CT molecular complexity index is 384. The Labute approximate surface area is 104 Å². The molecule has 0 bridgehead atoms. The van der Waals surface area contributed by atoms with Gasteiger partial charge in [-0.25, -0.2) is 0 Å². The van der Waals surface area contributed by atoms with Crippen LogP contribution in [-0.4, -0.2) is 12.2 Å². The van der Waals surface area contributed by atoms with Crippen molar-refractivity contribution in [3.8, 4) is 17.6 Å². The van der Waals surface area contributed by atoms with Gasteiger partial charge in [-0.2, -0.15) is 0 Å². The van der Waals surface area contributed by atoms with E-state index in [9.17, 15) is 5.11 Å². The second-order valence-corrected chi connectivity index (χ2v) is 4.15. The Morgan fingerprint density at radius 1 is 1.24 bits per heavy atom. The highest BCUT2D eigenvalue weighted by Crippen LogP contribution is 2.17. The predicted molar refractivity (Wildman–Crippen MR) is 69.8 cm³/mol. The monoisotopic (exact) mass is 232 g/mol. The van der Waals surface area contributed by atoms with Gasteiger partial charge < -0.3 is 9.84 Å². The summed E-state index contributed by atoms with van der Waals surface area (Å²) in [6.45, 7) is 4.22. The van der Waals surface area contributed by atoms with E-state index in [1.807, 2.05) is 24.3 Å². The molecule has 1 rings (SSSR count). The third-order valence-corrected chi connectivity index (χ3v) is 2.62. The van der Waals surface area contributed by atoms with E-state index < -0.39 is 6.10 Å². The summed E-state index contributed by atoms with van der Waals surface area (Å²) >= 11 is 0. The fourth-order valence-electron chi connectivity index (χ4n) is 1.60. The van der Waals surface area contributed by atoms with Crippen LogP contribution in [0.1, 0.15) is 38.4 Å². The third-order valence-electron chi connectivity index (χ3n) is 2.62. The summed E-state index contributed by atoms with van der Waals surface area (Å²) in [6, 6.07) is 7.33. The molecule has 0 amide bonds. The van der Waals surface area contributed by atoms with Gasteiger partial charge in [0.05, 0.1) is 7.11 Å². The smallest absolute Gasteiger partial charge is 0.140 e.